The number of amides is 1. The first-order valence-electron chi connectivity index (χ1n) is 7.14. The Hall–Kier alpha value is -1.64. The number of methoxy groups -OCH3 is 1. The number of carbonyl (C=O) groups excluding carboxylic acids is 1. The Kier molecular flexibility index (Phi) is 4.31. The molecule has 2 aliphatic rings. The van der Waals surface area contributed by atoms with Crippen LogP contribution in [-0.2, 0) is 20.4 Å². The molecule has 23 heavy (non-hydrogen) atoms. The van der Waals surface area contributed by atoms with Gasteiger partial charge in [0.25, 0.3) is 5.91 Å². The van der Waals surface area contributed by atoms with Crippen LogP contribution in [0.2, 0.25) is 0 Å². The van der Waals surface area contributed by atoms with Crippen molar-refractivity contribution in [3.8, 4) is 0 Å². The van der Waals surface area contributed by atoms with Crippen molar-refractivity contribution in [3.05, 3.63) is 35.4 Å². The number of rotatable bonds is 3. The first kappa shape index (κ1) is 16.2. The second-order valence-corrected chi connectivity index (χ2v) is 5.53. The average molecular weight is 331 g/mol. The van der Waals surface area contributed by atoms with Gasteiger partial charge < -0.3 is 19.5 Å². The second kappa shape index (κ2) is 6.10. The van der Waals surface area contributed by atoms with Gasteiger partial charge in [-0.3, -0.25) is 4.79 Å². The standard InChI is InChI=1S/C15H16F3NO4/c1-21-11-7-23-12-10(6-22-13(11)12)19-14(20)8-2-4-9(5-3-8)15(16,17)18/h2-5,10-13H,6-7H2,1H3,(H,19,20). The Labute approximate surface area is 130 Å². The highest BCUT2D eigenvalue weighted by Crippen LogP contribution is 2.30. The molecule has 0 aliphatic carbocycles. The van der Waals surface area contributed by atoms with Gasteiger partial charge in [0.15, 0.2) is 0 Å². The highest BCUT2D eigenvalue weighted by atomic mass is 19.4. The number of fused-ring (bicyclic) bond motifs is 1. The van der Waals surface area contributed by atoms with E-state index in [1.165, 1.54) is 0 Å². The molecule has 0 spiro atoms. The summed E-state index contributed by atoms with van der Waals surface area (Å²) in [4.78, 5) is 12.2. The molecule has 0 saturated carbocycles. The summed E-state index contributed by atoms with van der Waals surface area (Å²) >= 11 is 0. The number of hydrogen-bond donors (Lipinski definition) is 1. The molecule has 3 rings (SSSR count). The van der Waals surface area contributed by atoms with E-state index >= 15 is 0 Å². The molecule has 1 amide bonds. The van der Waals surface area contributed by atoms with E-state index in [9.17, 15) is 18.0 Å². The van der Waals surface area contributed by atoms with Gasteiger partial charge in [0.05, 0.1) is 24.8 Å². The van der Waals surface area contributed by atoms with Crippen LogP contribution in [0.3, 0.4) is 0 Å². The van der Waals surface area contributed by atoms with Gasteiger partial charge in [-0.05, 0) is 24.3 Å². The molecule has 1 aromatic carbocycles. The van der Waals surface area contributed by atoms with Crippen LogP contribution in [0.15, 0.2) is 24.3 Å². The van der Waals surface area contributed by atoms with Crippen LogP contribution in [-0.4, -0.2) is 50.6 Å². The third-order valence-electron chi connectivity index (χ3n) is 4.10. The zero-order chi connectivity index (χ0) is 16.6. The summed E-state index contributed by atoms with van der Waals surface area (Å²) in [6.45, 7) is 0.667. The second-order valence-electron chi connectivity index (χ2n) is 5.53. The quantitative estimate of drug-likeness (QED) is 0.914. The van der Waals surface area contributed by atoms with Gasteiger partial charge in [0.2, 0.25) is 0 Å². The zero-order valence-corrected chi connectivity index (χ0v) is 12.3. The van der Waals surface area contributed by atoms with Crippen molar-refractivity contribution in [3.63, 3.8) is 0 Å². The van der Waals surface area contributed by atoms with Gasteiger partial charge in [0, 0.05) is 12.7 Å². The first-order valence-corrected chi connectivity index (χ1v) is 7.14. The third-order valence-corrected chi connectivity index (χ3v) is 4.10. The van der Waals surface area contributed by atoms with Gasteiger partial charge >= 0.3 is 6.18 Å². The van der Waals surface area contributed by atoms with Crippen LogP contribution in [0.1, 0.15) is 15.9 Å². The SMILES string of the molecule is COC1COC2C(NC(=O)c3ccc(C(F)(F)F)cc3)COC12. The highest BCUT2D eigenvalue weighted by molar-refractivity contribution is 5.94. The van der Waals surface area contributed by atoms with E-state index in [1.54, 1.807) is 7.11 Å². The van der Waals surface area contributed by atoms with Gasteiger partial charge in [0.1, 0.15) is 18.3 Å². The lowest BCUT2D eigenvalue weighted by atomic mass is 10.1. The van der Waals surface area contributed by atoms with E-state index in [4.69, 9.17) is 14.2 Å². The summed E-state index contributed by atoms with van der Waals surface area (Å²) in [5, 5.41) is 2.74. The fraction of sp³-hybridized carbons (Fsp3) is 0.533. The van der Waals surface area contributed by atoms with Gasteiger partial charge in [-0.25, -0.2) is 0 Å². The topological polar surface area (TPSA) is 56.8 Å². The van der Waals surface area contributed by atoms with E-state index in [2.05, 4.69) is 5.32 Å². The minimum Gasteiger partial charge on any atom is -0.376 e. The molecule has 4 unspecified atom stereocenters. The van der Waals surface area contributed by atoms with Crippen molar-refractivity contribution in [2.45, 2.75) is 30.5 Å². The van der Waals surface area contributed by atoms with E-state index in [0.717, 1.165) is 24.3 Å². The molecule has 8 heteroatoms. The summed E-state index contributed by atoms with van der Waals surface area (Å²) < 4.78 is 54.0. The summed E-state index contributed by atoms with van der Waals surface area (Å²) in [5.74, 6) is -0.461. The third kappa shape index (κ3) is 3.19. The smallest absolute Gasteiger partial charge is 0.376 e. The Morgan fingerprint density at radius 3 is 2.43 bits per heavy atom. The normalized spacial score (nSPS) is 30.3. The van der Waals surface area contributed by atoms with Crippen LogP contribution in [0.5, 0.6) is 0 Å². The molecule has 4 atom stereocenters. The molecular formula is C15H16F3NO4. The number of alkyl halides is 3. The summed E-state index contributed by atoms with van der Waals surface area (Å²) in [6, 6.07) is 3.72. The van der Waals surface area contributed by atoms with Crippen molar-refractivity contribution in [1.82, 2.24) is 5.32 Å². The minimum atomic E-state index is -4.42. The summed E-state index contributed by atoms with van der Waals surface area (Å²) in [5.41, 5.74) is -0.636. The summed E-state index contributed by atoms with van der Waals surface area (Å²) in [7, 11) is 1.56. The van der Waals surface area contributed by atoms with Gasteiger partial charge in [-0.15, -0.1) is 0 Å². The molecule has 0 aromatic heterocycles. The predicted molar refractivity (Wildman–Crippen MR) is 73.0 cm³/mol. The number of carbonyl (C=O) groups is 1. The Balaban J connectivity index is 1.64. The van der Waals surface area contributed by atoms with Crippen LogP contribution >= 0.6 is 0 Å². The lowest BCUT2D eigenvalue weighted by Gasteiger charge is -2.17. The molecule has 0 bridgehead atoms. The molecule has 126 valence electrons. The van der Waals surface area contributed by atoms with Crippen molar-refractivity contribution >= 4 is 5.91 Å². The number of halogens is 3. The maximum Gasteiger partial charge on any atom is 0.416 e. The number of ether oxygens (including phenoxy) is 3. The minimum absolute atomic E-state index is 0.155. The van der Waals surface area contributed by atoms with Crippen molar-refractivity contribution in [2.24, 2.45) is 0 Å². The monoisotopic (exact) mass is 331 g/mol. The van der Waals surface area contributed by atoms with Crippen molar-refractivity contribution in [1.29, 1.82) is 0 Å². The molecular weight excluding hydrogens is 315 g/mol. The van der Waals surface area contributed by atoms with E-state index in [1.807, 2.05) is 0 Å². The average Bonchev–Trinajstić information content (AvgIpc) is 3.09. The summed E-state index contributed by atoms with van der Waals surface area (Å²) in [6.07, 6.45) is -5.14. The Morgan fingerprint density at radius 2 is 1.83 bits per heavy atom. The molecule has 2 saturated heterocycles. The van der Waals surface area contributed by atoms with E-state index in [-0.39, 0.29) is 36.5 Å². The lowest BCUT2D eigenvalue weighted by molar-refractivity contribution is -0.137. The lowest BCUT2D eigenvalue weighted by Crippen LogP contribution is -2.44. The number of benzene rings is 1. The molecule has 1 N–H and O–H groups in total. The molecule has 2 fully saturated rings. The first-order chi connectivity index (χ1) is 10.9. The Morgan fingerprint density at radius 1 is 1.17 bits per heavy atom. The molecule has 2 heterocycles. The van der Waals surface area contributed by atoms with Crippen molar-refractivity contribution < 1.29 is 32.2 Å². The van der Waals surface area contributed by atoms with Crippen LogP contribution in [0.25, 0.3) is 0 Å². The predicted octanol–water partition coefficient (Wildman–Crippen LogP) is 1.62. The van der Waals surface area contributed by atoms with Crippen LogP contribution in [0.4, 0.5) is 13.2 Å². The largest absolute Gasteiger partial charge is 0.416 e. The van der Waals surface area contributed by atoms with E-state index < -0.39 is 17.6 Å². The maximum absolute atomic E-state index is 12.5. The highest BCUT2D eigenvalue weighted by Gasteiger charge is 2.48. The maximum atomic E-state index is 12.5. The van der Waals surface area contributed by atoms with Gasteiger partial charge in [-0.2, -0.15) is 13.2 Å². The van der Waals surface area contributed by atoms with Crippen LogP contribution < -0.4 is 5.32 Å². The zero-order valence-electron chi connectivity index (χ0n) is 12.3. The fourth-order valence-corrected chi connectivity index (χ4v) is 2.85. The Bertz CT molecular complexity index is 575. The molecule has 5 nitrogen and oxygen atoms in total. The molecule has 1 aromatic rings. The molecule has 2 aliphatic heterocycles. The van der Waals surface area contributed by atoms with Gasteiger partial charge in [-0.1, -0.05) is 0 Å². The van der Waals surface area contributed by atoms with Crippen LogP contribution in [0, 0.1) is 0 Å². The number of hydrogen-bond acceptors (Lipinski definition) is 4. The van der Waals surface area contributed by atoms with E-state index in [0.29, 0.717) is 6.61 Å². The number of nitrogens with one attached hydrogen (secondary N) is 1. The fourth-order valence-electron chi connectivity index (χ4n) is 2.85. The van der Waals surface area contributed by atoms with Crippen molar-refractivity contribution in [2.75, 3.05) is 20.3 Å². The molecule has 0 radical (unpaired) electrons.